The summed E-state index contributed by atoms with van der Waals surface area (Å²) in [7, 11) is 1.34. The van der Waals surface area contributed by atoms with Crippen molar-refractivity contribution in [3.8, 4) is 0 Å². The van der Waals surface area contributed by atoms with Gasteiger partial charge in [0.2, 0.25) is 0 Å². The number of methoxy groups -OCH3 is 1. The molecule has 1 rings (SSSR count). The summed E-state index contributed by atoms with van der Waals surface area (Å²) < 4.78 is 4.47. The van der Waals surface area contributed by atoms with E-state index in [1.165, 1.54) is 18.9 Å². The summed E-state index contributed by atoms with van der Waals surface area (Å²) in [5.74, 6) is -0.391. The highest BCUT2D eigenvalue weighted by Gasteiger charge is 2.07. The second-order valence-electron chi connectivity index (χ2n) is 1.82. The van der Waals surface area contributed by atoms with Gasteiger partial charge in [0.1, 0.15) is 10.7 Å². The summed E-state index contributed by atoms with van der Waals surface area (Å²) in [6.45, 7) is 0. The van der Waals surface area contributed by atoms with Gasteiger partial charge in [-0.1, -0.05) is 0 Å². The number of carbonyl (C=O) groups excluding carboxylic acids is 1. The van der Waals surface area contributed by atoms with E-state index in [9.17, 15) is 4.79 Å². The smallest absolute Gasteiger partial charge is 0.356 e. The molecule has 1 aromatic heterocycles. The molecule has 0 aliphatic carbocycles. The van der Waals surface area contributed by atoms with Crippen LogP contribution in [-0.4, -0.2) is 29.5 Å². The molecule has 0 amide bonds. The van der Waals surface area contributed by atoms with Crippen LogP contribution in [0.25, 0.3) is 0 Å². The van der Waals surface area contributed by atoms with Crippen LogP contribution in [0, 0.1) is 0 Å². The molecule has 60 valence electrons. The molecule has 1 N–H and O–H groups in total. The van der Waals surface area contributed by atoms with Gasteiger partial charge in [0.15, 0.2) is 0 Å². The first-order valence-electron chi connectivity index (χ1n) is 2.95. The van der Waals surface area contributed by atoms with Crippen molar-refractivity contribution in [3.63, 3.8) is 0 Å². The average molecular weight is 172 g/mol. The zero-order chi connectivity index (χ0) is 8.27. The Balaban J connectivity index is 2.80. The van der Waals surface area contributed by atoms with E-state index in [1.54, 1.807) is 6.07 Å². The molecule has 1 aromatic rings. The van der Waals surface area contributed by atoms with Crippen LogP contribution in [0.5, 0.6) is 0 Å². The molecular formula is C6H8N2O2S. The number of H-pyrrole nitrogens is 1. The molecule has 0 radical (unpaired) electrons. The van der Waals surface area contributed by atoms with E-state index in [4.69, 9.17) is 0 Å². The van der Waals surface area contributed by atoms with E-state index in [0.717, 1.165) is 5.03 Å². The van der Waals surface area contributed by atoms with Gasteiger partial charge < -0.3 is 4.74 Å². The van der Waals surface area contributed by atoms with Crippen molar-refractivity contribution >= 4 is 17.7 Å². The summed E-state index contributed by atoms with van der Waals surface area (Å²) in [5, 5.41) is 7.19. The van der Waals surface area contributed by atoms with E-state index < -0.39 is 5.97 Å². The Hall–Kier alpha value is -0.970. The molecular weight excluding hydrogens is 164 g/mol. The van der Waals surface area contributed by atoms with Gasteiger partial charge in [0.05, 0.1) is 7.11 Å². The molecule has 4 nitrogen and oxygen atoms in total. The van der Waals surface area contributed by atoms with Crippen LogP contribution in [0.15, 0.2) is 11.1 Å². The highest BCUT2D eigenvalue weighted by atomic mass is 32.2. The molecule has 0 aliphatic heterocycles. The number of aromatic amines is 1. The third-order valence-electron chi connectivity index (χ3n) is 1.17. The van der Waals surface area contributed by atoms with E-state index in [-0.39, 0.29) is 0 Å². The Labute approximate surface area is 68.3 Å². The van der Waals surface area contributed by atoms with E-state index in [1.807, 2.05) is 6.26 Å². The zero-order valence-electron chi connectivity index (χ0n) is 6.25. The number of nitrogens with one attached hydrogen (secondary N) is 1. The van der Waals surface area contributed by atoms with Gasteiger partial charge in [0, 0.05) is 6.07 Å². The fraction of sp³-hybridized carbons (Fsp3) is 0.333. The number of rotatable bonds is 2. The van der Waals surface area contributed by atoms with Crippen molar-refractivity contribution in [1.82, 2.24) is 10.2 Å². The number of aromatic nitrogens is 2. The van der Waals surface area contributed by atoms with E-state index >= 15 is 0 Å². The highest BCUT2D eigenvalue weighted by molar-refractivity contribution is 7.98. The molecule has 0 aromatic carbocycles. The van der Waals surface area contributed by atoms with Gasteiger partial charge in [-0.05, 0) is 6.26 Å². The first kappa shape index (κ1) is 8.13. The maximum atomic E-state index is 10.8. The monoisotopic (exact) mass is 172 g/mol. The first-order valence-corrected chi connectivity index (χ1v) is 4.18. The van der Waals surface area contributed by atoms with Crippen molar-refractivity contribution < 1.29 is 9.53 Å². The Bertz CT molecular complexity index is 259. The number of hydrogen-bond donors (Lipinski definition) is 1. The van der Waals surface area contributed by atoms with Crippen molar-refractivity contribution in [2.24, 2.45) is 0 Å². The second-order valence-corrected chi connectivity index (χ2v) is 2.64. The Kier molecular flexibility index (Phi) is 2.53. The van der Waals surface area contributed by atoms with Crippen LogP contribution in [0.1, 0.15) is 10.5 Å². The number of carbonyl (C=O) groups is 1. The van der Waals surface area contributed by atoms with Crippen molar-refractivity contribution in [3.05, 3.63) is 11.8 Å². The topological polar surface area (TPSA) is 55.0 Å². The fourth-order valence-corrected chi connectivity index (χ4v) is 0.995. The second kappa shape index (κ2) is 3.43. The van der Waals surface area contributed by atoms with Crippen LogP contribution in [0.4, 0.5) is 0 Å². The summed E-state index contributed by atoms with van der Waals surface area (Å²) in [5.41, 5.74) is 0.386. The van der Waals surface area contributed by atoms with Gasteiger partial charge in [-0.2, -0.15) is 5.10 Å². The molecule has 0 aliphatic rings. The Morgan fingerprint density at radius 2 is 2.55 bits per heavy atom. The maximum absolute atomic E-state index is 10.8. The molecule has 0 saturated carbocycles. The van der Waals surface area contributed by atoms with Crippen LogP contribution < -0.4 is 0 Å². The zero-order valence-corrected chi connectivity index (χ0v) is 7.07. The number of ether oxygens (including phenoxy) is 1. The molecule has 0 saturated heterocycles. The molecule has 0 atom stereocenters. The molecule has 0 unspecified atom stereocenters. The molecule has 0 fully saturated rings. The SMILES string of the molecule is COC(=O)c1cc(SC)n[nH]1. The fourth-order valence-electron chi connectivity index (χ4n) is 0.622. The number of nitrogens with zero attached hydrogens (tertiary/aromatic N) is 1. The summed E-state index contributed by atoms with van der Waals surface area (Å²) in [4.78, 5) is 10.8. The van der Waals surface area contributed by atoms with E-state index in [2.05, 4.69) is 14.9 Å². The number of hydrogen-bond acceptors (Lipinski definition) is 4. The predicted octanol–water partition coefficient (Wildman–Crippen LogP) is 0.918. The van der Waals surface area contributed by atoms with Crippen LogP contribution in [0.2, 0.25) is 0 Å². The largest absolute Gasteiger partial charge is 0.464 e. The molecule has 0 spiro atoms. The van der Waals surface area contributed by atoms with E-state index in [0.29, 0.717) is 5.69 Å². The van der Waals surface area contributed by atoms with Gasteiger partial charge in [0.25, 0.3) is 0 Å². The molecule has 5 heteroatoms. The van der Waals surface area contributed by atoms with Gasteiger partial charge in [-0.3, -0.25) is 5.10 Å². The van der Waals surface area contributed by atoms with Crippen molar-refractivity contribution in [2.45, 2.75) is 5.03 Å². The third kappa shape index (κ3) is 1.74. The summed E-state index contributed by atoms with van der Waals surface area (Å²) >= 11 is 1.47. The summed E-state index contributed by atoms with van der Waals surface area (Å²) in [6, 6.07) is 1.65. The highest BCUT2D eigenvalue weighted by Crippen LogP contribution is 2.11. The minimum Gasteiger partial charge on any atom is -0.464 e. The lowest BCUT2D eigenvalue weighted by Crippen LogP contribution is -2.00. The molecule has 0 bridgehead atoms. The van der Waals surface area contributed by atoms with Gasteiger partial charge in [-0.15, -0.1) is 11.8 Å². The summed E-state index contributed by atoms with van der Waals surface area (Å²) in [6.07, 6.45) is 1.89. The van der Waals surface area contributed by atoms with Crippen LogP contribution in [-0.2, 0) is 4.74 Å². The van der Waals surface area contributed by atoms with Gasteiger partial charge >= 0.3 is 5.97 Å². The minimum absolute atomic E-state index is 0.386. The number of esters is 1. The lowest BCUT2D eigenvalue weighted by molar-refractivity contribution is 0.0594. The normalized spacial score (nSPS) is 9.64. The maximum Gasteiger partial charge on any atom is 0.356 e. The van der Waals surface area contributed by atoms with Gasteiger partial charge in [-0.25, -0.2) is 4.79 Å². The quantitative estimate of drug-likeness (QED) is 0.532. The minimum atomic E-state index is -0.391. The predicted molar refractivity (Wildman–Crippen MR) is 41.7 cm³/mol. The lowest BCUT2D eigenvalue weighted by Gasteiger charge is -1.90. The standard InChI is InChI=1S/C6H8N2O2S/c1-10-6(9)4-3-5(11-2)8-7-4/h3H,1-2H3,(H,7,8). The third-order valence-corrected chi connectivity index (χ3v) is 1.80. The molecule has 11 heavy (non-hydrogen) atoms. The van der Waals surface area contributed by atoms with Crippen LogP contribution >= 0.6 is 11.8 Å². The van der Waals surface area contributed by atoms with Crippen molar-refractivity contribution in [1.29, 1.82) is 0 Å². The Morgan fingerprint density at radius 1 is 1.82 bits per heavy atom. The lowest BCUT2D eigenvalue weighted by atomic mass is 10.4. The Morgan fingerprint density at radius 3 is 3.00 bits per heavy atom. The van der Waals surface area contributed by atoms with Crippen molar-refractivity contribution in [2.75, 3.05) is 13.4 Å². The first-order chi connectivity index (χ1) is 5.27. The van der Waals surface area contributed by atoms with Crippen LogP contribution in [0.3, 0.4) is 0 Å². The average Bonchev–Trinajstić information content (AvgIpc) is 2.50. The number of thioether (sulfide) groups is 1. The molecule has 1 heterocycles.